The van der Waals surface area contributed by atoms with E-state index < -0.39 is 0 Å². The zero-order valence-electron chi connectivity index (χ0n) is 14.8. The van der Waals surface area contributed by atoms with Crippen LogP contribution in [0.15, 0.2) is 0 Å². The molecule has 0 aliphatic rings. The third-order valence-electron chi connectivity index (χ3n) is 4.17. The molecule has 0 bridgehead atoms. The molecule has 0 radical (unpaired) electrons. The Morgan fingerprint density at radius 2 is 1.25 bits per heavy atom. The predicted octanol–water partition coefficient (Wildman–Crippen LogP) is 6.32. The van der Waals surface area contributed by atoms with Gasteiger partial charge in [-0.3, -0.25) is 0 Å². The number of hydrogen-bond donors (Lipinski definition) is 1. The quantitative estimate of drug-likeness (QED) is 0.347. The fraction of sp³-hybridized carbons (Fsp3) is 1.00. The maximum Gasteiger partial charge on any atom is 0.00670 e. The Kier molecular flexibility index (Phi) is 15.3. The lowest BCUT2D eigenvalue weighted by Gasteiger charge is -2.19. The second-order valence-corrected chi connectivity index (χ2v) is 6.89. The summed E-state index contributed by atoms with van der Waals surface area (Å²) in [5.74, 6) is 0.861. The van der Waals surface area contributed by atoms with Crippen LogP contribution < -0.4 is 5.32 Å². The molecule has 122 valence electrons. The van der Waals surface area contributed by atoms with Gasteiger partial charge in [0.1, 0.15) is 0 Å². The van der Waals surface area contributed by atoms with Crippen molar-refractivity contribution in [2.45, 2.75) is 111 Å². The molecule has 1 atom stereocenters. The molecule has 0 aromatic rings. The maximum absolute atomic E-state index is 3.75. The molecule has 1 nitrogen and oxygen atoms in total. The van der Waals surface area contributed by atoms with Gasteiger partial charge < -0.3 is 5.32 Å². The van der Waals surface area contributed by atoms with E-state index >= 15 is 0 Å². The molecule has 0 aliphatic carbocycles. The SMILES string of the molecule is CCCCCCCCCC(CCCC(C)C)NCCC. The van der Waals surface area contributed by atoms with Gasteiger partial charge in [-0.1, -0.05) is 85.5 Å². The third kappa shape index (κ3) is 14.4. The van der Waals surface area contributed by atoms with Crippen LogP contribution in [0.4, 0.5) is 0 Å². The van der Waals surface area contributed by atoms with Gasteiger partial charge in [0, 0.05) is 6.04 Å². The molecule has 0 aromatic carbocycles. The molecule has 1 unspecified atom stereocenters. The van der Waals surface area contributed by atoms with Gasteiger partial charge in [0.25, 0.3) is 0 Å². The monoisotopic (exact) mass is 283 g/mol. The van der Waals surface area contributed by atoms with Gasteiger partial charge in [0.05, 0.1) is 0 Å². The standard InChI is InChI=1S/C19H41N/c1-5-7-8-9-10-11-12-15-19(20-17-6-2)16-13-14-18(3)4/h18-20H,5-17H2,1-4H3. The summed E-state index contributed by atoms with van der Waals surface area (Å²) >= 11 is 0. The van der Waals surface area contributed by atoms with Crippen molar-refractivity contribution in [1.82, 2.24) is 5.32 Å². The zero-order valence-corrected chi connectivity index (χ0v) is 14.8. The molecular formula is C19H41N. The molecule has 0 spiro atoms. The number of hydrogen-bond acceptors (Lipinski definition) is 1. The van der Waals surface area contributed by atoms with Gasteiger partial charge in [-0.2, -0.15) is 0 Å². The average molecular weight is 284 g/mol. The number of unbranched alkanes of at least 4 members (excludes halogenated alkanes) is 6. The Bertz CT molecular complexity index is 177. The van der Waals surface area contributed by atoms with Crippen LogP contribution >= 0.6 is 0 Å². The van der Waals surface area contributed by atoms with Crippen LogP contribution in [0.5, 0.6) is 0 Å². The second-order valence-electron chi connectivity index (χ2n) is 6.89. The van der Waals surface area contributed by atoms with Crippen LogP contribution in [0, 0.1) is 5.92 Å². The fourth-order valence-electron chi connectivity index (χ4n) is 2.82. The van der Waals surface area contributed by atoms with E-state index in [9.17, 15) is 0 Å². The first-order valence-electron chi connectivity index (χ1n) is 9.44. The zero-order chi connectivity index (χ0) is 15.1. The van der Waals surface area contributed by atoms with Crippen molar-refractivity contribution in [3.63, 3.8) is 0 Å². The lowest BCUT2D eigenvalue weighted by atomic mass is 9.98. The van der Waals surface area contributed by atoms with E-state index in [1.165, 1.54) is 83.6 Å². The van der Waals surface area contributed by atoms with E-state index in [1.54, 1.807) is 0 Å². The molecule has 0 fully saturated rings. The van der Waals surface area contributed by atoms with Crippen LogP contribution in [0.1, 0.15) is 105 Å². The first-order chi connectivity index (χ1) is 9.70. The Hall–Kier alpha value is -0.0400. The van der Waals surface area contributed by atoms with Crippen molar-refractivity contribution in [2.75, 3.05) is 6.54 Å². The van der Waals surface area contributed by atoms with E-state index in [4.69, 9.17) is 0 Å². The second kappa shape index (κ2) is 15.4. The maximum atomic E-state index is 3.75. The highest BCUT2D eigenvalue weighted by atomic mass is 14.9. The van der Waals surface area contributed by atoms with Crippen LogP contribution in [0.3, 0.4) is 0 Å². The summed E-state index contributed by atoms with van der Waals surface area (Å²) in [4.78, 5) is 0. The lowest BCUT2D eigenvalue weighted by Crippen LogP contribution is -2.29. The normalized spacial score (nSPS) is 13.1. The van der Waals surface area contributed by atoms with Gasteiger partial charge in [-0.15, -0.1) is 0 Å². The summed E-state index contributed by atoms with van der Waals surface area (Å²) in [6, 6.07) is 0.782. The summed E-state index contributed by atoms with van der Waals surface area (Å²) in [5.41, 5.74) is 0. The van der Waals surface area contributed by atoms with Crippen molar-refractivity contribution in [3.05, 3.63) is 0 Å². The largest absolute Gasteiger partial charge is 0.314 e. The summed E-state index contributed by atoms with van der Waals surface area (Å²) in [6.45, 7) is 10.4. The molecule has 0 aliphatic heterocycles. The molecule has 0 saturated carbocycles. The van der Waals surface area contributed by atoms with Crippen molar-refractivity contribution in [1.29, 1.82) is 0 Å². The van der Waals surface area contributed by atoms with Gasteiger partial charge in [0.15, 0.2) is 0 Å². The Morgan fingerprint density at radius 3 is 1.85 bits per heavy atom. The molecule has 1 heteroatoms. The molecule has 0 saturated heterocycles. The fourth-order valence-corrected chi connectivity index (χ4v) is 2.82. The van der Waals surface area contributed by atoms with Gasteiger partial charge in [-0.05, 0) is 31.7 Å². The van der Waals surface area contributed by atoms with E-state index in [1.807, 2.05) is 0 Å². The summed E-state index contributed by atoms with van der Waals surface area (Å²) < 4.78 is 0. The van der Waals surface area contributed by atoms with Crippen molar-refractivity contribution < 1.29 is 0 Å². The highest BCUT2D eigenvalue weighted by Crippen LogP contribution is 2.14. The highest BCUT2D eigenvalue weighted by Gasteiger charge is 2.07. The molecular weight excluding hydrogens is 242 g/mol. The molecule has 0 rings (SSSR count). The molecule has 0 heterocycles. The first-order valence-corrected chi connectivity index (χ1v) is 9.44. The smallest absolute Gasteiger partial charge is 0.00670 e. The van der Waals surface area contributed by atoms with Gasteiger partial charge >= 0.3 is 0 Å². The summed E-state index contributed by atoms with van der Waals surface area (Å²) in [7, 11) is 0. The Balaban J connectivity index is 3.58. The average Bonchev–Trinajstić information content (AvgIpc) is 2.42. The van der Waals surface area contributed by atoms with Crippen LogP contribution in [0.25, 0.3) is 0 Å². The van der Waals surface area contributed by atoms with E-state index in [0.717, 1.165) is 12.0 Å². The van der Waals surface area contributed by atoms with E-state index in [-0.39, 0.29) is 0 Å². The van der Waals surface area contributed by atoms with Gasteiger partial charge in [0.2, 0.25) is 0 Å². The number of rotatable bonds is 15. The number of nitrogens with one attached hydrogen (secondary N) is 1. The lowest BCUT2D eigenvalue weighted by molar-refractivity contribution is 0.402. The van der Waals surface area contributed by atoms with Gasteiger partial charge in [-0.25, -0.2) is 0 Å². The topological polar surface area (TPSA) is 12.0 Å². The van der Waals surface area contributed by atoms with Crippen molar-refractivity contribution in [3.8, 4) is 0 Å². The first kappa shape index (κ1) is 20.0. The van der Waals surface area contributed by atoms with Crippen LogP contribution in [-0.4, -0.2) is 12.6 Å². The minimum atomic E-state index is 0.782. The Morgan fingerprint density at radius 1 is 0.650 bits per heavy atom. The third-order valence-corrected chi connectivity index (χ3v) is 4.17. The summed E-state index contributed by atoms with van der Waals surface area (Å²) in [6.07, 6.45) is 16.8. The minimum absolute atomic E-state index is 0.782. The predicted molar refractivity (Wildman–Crippen MR) is 93.4 cm³/mol. The molecule has 1 N–H and O–H groups in total. The highest BCUT2D eigenvalue weighted by molar-refractivity contribution is 4.67. The van der Waals surface area contributed by atoms with Crippen molar-refractivity contribution >= 4 is 0 Å². The molecule has 0 aromatic heterocycles. The molecule has 0 amide bonds. The Labute approximate surface area is 129 Å². The molecule has 20 heavy (non-hydrogen) atoms. The summed E-state index contributed by atoms with van der Waals surface area (Å²) in [5, 5.41) is 3.75. The van der Waals surface area contributed by atoms with E-state index in [0.29, 0.717) is 0 Å². The van der Waals surface area contributed by atoms with Crippen molar-refractivity contribution in [2.24, 2.45) is 5.92 Å². The van der Waals surface area contributed by atoms with E-state index in [2.05, 4.69) is 33.0 Å². The minimum Gasteiger partial charge on any atom is -0.314 e. The van der Waals surface area contributed by atoms with Crippen LogP contribution in [-0.2, 0) is 0 Å². The van der Waals surface area contributed by atoms with Crippen LogP contribution in [0.2, 0.25) is 0 Å².